The van der Waals surface area contributed by atoms with Crippen molar-refractivity contribution in [3.05, 3.63) is 24.3 Å². The SMILES string of the molecule is COc1ccccc1OCC(=O)NN=C(C)CC(=O)NC(C)C. The topological polar surface area (TPSA) is 89.0 Å². The summed E-state index contributed by atoms with van der Waals surface area (Å²) in [6.45, 7) is 5.22. The number of nitrogens with one attached hydrogen (secondary N) is 2. The number of hydrogen-bond donors (Lipinski definition) is 2. The van der Waals surface area contributed by atoms with Gasteiger partial charge in [-0.25, -0.2) is 5.43 Å². The predicted molar refractivity (Wildman–Crippen MR) is 87.6 cm³/mol. The quantitative estimate of drug-likeness (QED) is 0.561. The number of para-hydroxylation sites is 2. The molecule has 0 fully saturated rings. The predicted octanol–water partition coefficient (Wildman–Crippen LogP) is 1.48. The number of methoxy groups -OCH3 is 1. The van der Waals surface area contributed by atoms with E-state index in [0.29, 0.717) is 17.2 Å². The van der Waals surface area contributed by atoms with E-state index < -0.39 is 5.91 Å². The van der Waals surface area contributed by atoms with E-state index in [1.807, 2.05) is 19.9 Å². The number of amides is 2. The van der Waals surface area contributed by atoms with Crippen LogP contribution in [0.5, 0.6) is 11.5 Å². The Labute approximate surface area is 136 Å². The summed E-state index contributed by atoms with van der Waals surface area (Å²) in [5.74, 6) is 0.466. The Morgan fingerprint density at radius 1 is 1.17 bits per heavy atom. The minimum Gasteiger partial charge on any atom is -0.493 e. The van der Waals surface area contributed by atoms with Crippen molar-refractivity contribution in [2.45, 2.75) is 33.2 Å². The molecule has 0 saturated carbocycles. The lowest BCUT2D eigenvalue weighted by atomic mass is 10.2. The van der Waals surface area contributed by atoms with Crippen molar-refractivity contribution in [1.29, 1.82) is 0 Å². The summed E-state index contributed by atoms with van der Waals surface area (Å²) in [5.41, 5.74) is 2.86. The van der Waals surface area contributed by atoms with Gasteiger partial charge in [-0.05, 0) is 32.9 Å². The van der Waals surface area contributed by atoms with Gasteiger partial charge in [0.15, 0.2) is 18.1 Å². The third kappa shape index (κ3) is 7.30. The number of benzene rings is 1. The monoisotopic (exact) mass is 321 g/mol. The Balaban J connectivity index is 2.41. The van der Waals surface area contributed by atoms with Gasteiger partial charge in [-0.2, -0.15) is 5.10 Å². The number of carbonyl (C=O) groups excluding carboxylic acids is 2. The van der Waals surface area contributed by atoms with Crippen molar-refractivity contribution in [1.82, 2.24) is 10.7 Å². The van der Waals surface area contributed by atoms with E-state index in [-0.39, 0.29) is 25.0 Å². The highest BCUT2D eigenvalue weighted by Crippen LogP contribution is 2.25. The molecule has 126 valence electrons. The molecule has 23 heavy (non-hydrogen) atoms. The Morgan fingerprint density at radius 3 is 2.43 bits per heavy atom. The first-order chi connectivity index (χ1) is 10.9. The Bertz CT molecular complexity index is 570. The molecule has 0 aliphatic carbocycles. The largest absolute Gasteiger partial charge is 0.493 e. The summed E-state index contributed by atoms with van der Waals surface area (Å²) in [6.07, 6.45) is 0.131. The van der Waals surface area contributed by atoms with E-state index in [4.69, 9.17) is 9.47 Å². The van der Waals surface area contributed by atoms with Gasteiger partial charge in [-0.3, -0.25) is 9.59 Å². The van der Waals surface area contributed by atoms with Crippen molar-refractivity contribution >= 4 is 17.5 Å². The second-order valence-corrected chi connectivity index (χ2v) is 5.22. The van der Waals surface area contributed by atoms with E-state index in [0.717, 1.165) is 0 Å². The molecule has 0 heterocycles. The van der Waals surface area contributed by atoms with Crippen molar-refractivity contribution in [3.63, 3.8) is 0 Å². The molecule has 0 unspecified atom stereocenters. The van der Waals surface area contributed by atoms with E-state index in [2.05, 4.69) is 15.8 Å². The summed E-state index contributed by atoms with van der Waals surface area (Å²) in [7, 11) is 1.53. The maximum Gasteiger partial charge on any atom is 0.277 e. The van der Waals surface area contributed by atoms with Gasteiger partial charge in [0.2, 0.25) is 5.91 Å². The van der Waals surface area contributed by atoms with Crippen LogP contribution in [-0.2, 0) is 9.59 Å². The van der Waals surface area contributed by atoms with Gasteiger partial charge in [0, 0.05) is 11.8 Å². The van der Waals surface area contributed by atoms with Crippen molar-refractivity contribution in [2.75, 3.05) is 13.7 Å². The molecule has 0 atom stereocenters. The van der Waals surface area contributed by atoms with E-state index in [9.17, 15) is 9.59 Å². The normalized spacial score (nSPS) is 11.1. The average molecular weight is 321 g/mol. The maximum atomic E-state index is 11.7. The number of rotatable bonds is 8. The van der Waals surface area contributed by atoms with Crippen LogP contribution in [0.25, 0.3) is 0 Å². The van der Waals surface area contributed by atoms with Crippen molar-refractivity contribution in [3.8, 4) is 11.5 Å². The van der Waals surface area contributed by atoms with Gasteiger partial charge in [0.05, 0.1) is 13.5 Å². The van der Waals surface area contributed by atoms with Crippen LogP contribution in [0.3, 0.4) is 0 Å². The fraction of sp³-hybridized carbons (Fsp3) is 0.438. The molecule has 1 rings (SSSR count). The fourth-order valence-corrected chi connectivity index (χ4v) is 1.72. The smallest absolute Gasteiger partial charge is 0.277 e. The molecule has 7 nitrogen and oxygen atoms in total. The van der Waals surface area contributed by atoms with Gasteiger partial charge in [0.1, 0.15) is 0 Å². The zero-order chi connectivity index (χ0) is 17.2. The van der Waals surface area contributed by atoms with Crippen molar-refractivity contribution < 1.29 is 19.1 Å². The number of nitrogens with zero attached hydrogens (tertiary/aromatic N) is 1. The molecule has 0 radical (unpaired) electrons. The Hall–Kier alpha value is -2.57. The summed E-state index contributed by atoms with van der Waals surface area (Å²) in [6, 6.07) is 7.10. The molecule has 0 aromatic heterocycles. The molecular formula is C16H23N3O4. The second-order valence-electron chi connectivity index (χ2n) is 5.22. The van der Waals surface area contributed by atoms with Crippen LogP contribution in [-0.4, -0.2) is 37.3 Å². The first-order valence-corrected chi connectivity index (χ1v) is 7.29. The van der Waals surface area contributed by atoms with Gasteiger partial charge < -0.3 is 14.8 Å². The van der Waals surface area contributed by atoms with Crippen LogP contribution in [0.4, 0.5) is 0 Å². The third-order valence-corrected chi connectivity index (χ3v) is 2.67. The lowest BCUT2D eigenvalue weighted by molar-refractivity contribution is -0.123. The van der Waals surface area contributed by atoms with Crippen LogP contribution in [0, 0.1) is 0 Å². The lowest BCUT2D eigenvalue weighted by Gasteiger charge is -2.10. The van der Waals surface area contributed by atoms with Crippen LogP contribution >= 0.6 is 0 Å². The highest BCUT2D eigenvalue weighted by Gasteiger charge is 2.08. The summed E-state index contributed by atoms with van der Waals surface area (Å²) < 4.78 is 10.5. The molecule has 0 bridgehead atoms. The van der Waals surface area contributed by atoms with Gasteiger partial charge in [-0.1, -0.05) is 12.1 Å². The van der Waals surface area contributed by atoms with Gasteiger partial charge in [0.25, 0.3) is 5.91 Å². The molecule has 0 aliphatic heterocycles. The van der Waals surface area contributed by atoms with Crippen LogP contribution in [0.2, 0.25) is 0 Å². The molecule has 2 amide bonds. The molecule has 0 spiro atoms. The molecule has 0 aliphatic rings. The molecule has 1 aromatic carbocycles. The minimum absolute atomic E-state index is 0.0687. The number of ether oxygens (including phenoxy) is 2. The number of carbonyl (C=O) groups is 2. The first kappa shape index (κ1) is 18.5. The summed E-state index contributed by atoms with van der Waals surface area (Å²) >= 11 is 0. The fourth-order valence-electron chi connectivity index (χ4n) is 1.72. The highest BCUT2D eigenvalue weighted by molar-refractivity contribution is 6.00. The zero-order valence-corrected chi connectivity index (χ0v) is 13.9. The number of hydrazone groups is 1. The van der Waals surface area contributed by atoms with Gasteiger partial charge in [-0.15, -0.1) is 0 Å². The van der Waals surface area contributed by atoms with Crippen LogP contribution in [0.15, 0.2) is 29.4 Å². The molecule has 0 saturated heterocycles. The molecule has 7 heteroatoms. The standard InChI is InChI=1S/C16H23N3O4/c1-11(2)17-15(20)9-12(3)18-19-16(21)10-23-14-8-6-5-7-13(14)22-4/h5-8,11H,9-10H2,1-4H3,(H,17,20)(H,19,21). The molecular weight excluding hydrogens is 298 g/mol. The van der Waals surface area contributed by atoms with Crippen molar-refractivity contribution in [2.24, 2.45) is 5.10 Å². The van der Waals surface area contributed by atoms with Crippen LogP contribution in [0.1, 0.15) is 27.2 Å². The summed E-state index contributed by atoms with van der Waals surface area (Å²) in [4.78, 5) is 23.2. The lowest BCUT2D eigenvalue weighted by Crippen LogP contribution is -2.32. The Kier molecular flexibility index (Phi) is 7.59. The Morgan fingerprint density at radius 2 is 1.83 bits per heavy atom. The highest BCUT2D eigenvalue weighted by atomic mass is 16.5. The maximum absolute atomic E-state index is 11.7. The average Bonchev–Trinajstić information content (AvgIpc) is 2.50. The van der Waals surface area contributed by atoms with Gasteiger partial charge >= 0.3 is 0 Å². The zero-order valence-electron chi connectivity index (χ0n) is 13.9. The van der Waals surface area contributed by atoms with E-state index in [1.54, 1.807) is 25.1 Å². The number of hydrogen-bond acceptors (Lipinski definition) is 5. The second kappa shape index (κ2) is 9.45. The molecule has 1 aromatic rings. The minimum atomic E-state index is -0.417. The van der Waals surface area contributed by atoms with E-state index in [1.165, 1.54) is 7.11 Å². The first-order valence-electron chi connectivity index (χ1n) is 7.29. The summed E-state index contributed by atoms with van der Waals surface area (Å²) in [5, 5.41) is 6.62. The van der Waals surface area contributed by atoms with Crippen LogP contribution < -0.4 is 20.2 Å². The third-order valence-electron chi connectivity index (χ3n) is 2.67. The van der Waals surface area contributed by atoms with E-state index >= 15 is 0 Å². The molecule has 2 N–H and O–H groups in total.